The number of fused-ring (bicyclic) bond motifs is 2. The molecule has 0 spiro atoms. The van der Waals surface area contributed by atoms with Crippen LogP contribution < -0.4 is 9.47 Å². The standard InChI is InChI=1S/C25H30N4O7/c1-28-13-24(22(31)35-5)19(17-9-7-15(33-3)11-26-17)29(2)20(18-10-8-16(34-4)12-27-18)25(14-28,21(24)30)23(32)36-6/h7-12,19-20H,13-14H2,1-6H3. The molecule has 0 N–H and O–H groups in total. The van der Waals surface area contributed by atoms with Gasteiger partial charge < -0.3 is 23.8 Å². The minimum absolute atomic E-state index is 0.0305. The first-order valence-electron chi connectivity index (χ1n) is 11.3. The van der Waals surface area contributed by atoms with E-state index < -0.39 is 40.6 Å². The molecule has 4 rings (SSSR count). The lowest BCUT2D eigenvalue weighted by atomic mass is 9.54. The second-order valence-corrected chi connectivity index (χ2v) is 9.14. The van der Waals surface area contributed by atoms with Gasteiger partial charge in [0, 0.05) is 13.1 Å². The van der Waals surface area contributed by atoms with Crippen LogP contribution in [0.25, 0.3) is 0 Å². The van der Waals surface area contributed by atoms with E-state index in [9.17, 15) is 14.4 Å². The molecule has 2 aromatic rings. The number of carbonyl (C=O) groups excluding carboxylic acids is 3. The fourth-order valence-electron chi connectivity index (χ4n) is 5.89. The third kappa shape index (κ3) is 3.53. The van der Waals surface area contributed by atoms with Gasteiger partial charge >= 0.3 is 11.9 Å². The van der Waals surface area contributed by atoms with Crippen molar-refractivity contribution in [3.63, 3.8) is 0 Å². The number of carbonyl (C=O) groups is 3. The van der Waals surface area contributed by atoms with Gasteiger partial charge in [0.25, 0.3) is 0 Å². The Bertz CT molecular complexity index is 1070. The van der Waals surface area contributed by atoms with E-state index in [-0.39, 0.29) is 13.1 Å². The van der Waals surface area contributed by atoms with E-state index in [2.05, 4.69) is 9.97 Å². The number of pyridine rings is 2. The number of esters is 2. The molecule has 36 heavy (non-hydrogen) atoms. The molecule has 4 heterocycles. The minimum Gasteiger partial charge on any atom is -0.495 e. The highest BCUT2D eigenvalue weighted by Gasteiger charge is 2.75. The highest BCUT2D eigenvalue weighted by atomic mass is 16.5. The van der Waals surface area contributed by atoms with Crippen LogP contribution in [0.15, 0.2) is 36.7 Å². The predicted octanol–water partition coefficient (Wildman–Crippen LogP) is 1.05. The van der Waals surface area contributed by atoms with Gasteiger partial charge in [-0.25, -0.2) is 0 Å². The number of likely N-dealkylation sites (tertiary alicyclic amines) is 2. The zero-order valence-electron chi connectivity index (χ0n) is 21.2. The molecule has 2 bridgehead atoms. The van der Waals surface area contributed by atoms with Gasteiger partial charge in [0.2, 0.25) is 0 Å². The molecule has 4 unspecified atom stereocenters. The lowest BCUT2D eigenvalue weighted by Crippen LogP contribution is -2.75. The van der Waals surface area contributed by atoms with Crippen molar-refractivity contribution in [3.8, 4) is 11.5 Å². The lowest BCUT2D eigenvalue weighted by Gasteiger charge is -2.60. The third-order valence-electron chi connectivity index (χ3n) is 7.25. The maximum absolute atomic E-state index is 14.6. The molecule has 0 aromatic carbocycles. The van der Waals surface area contributed by atoms with Gasteiger partial charge in [-0.15, -0.1) is 0 Å². The van der Waals surface area contributed by atoms with Gasteiger partial charge in [0.05, 0.1) is 64.3 Å². The van der Waals surface area contributed by atoms with Gasteiger partial charge in [-0.3, -0.25) is 29.3 Å². The topological polar surface area (TPSA) is 120 Å². The van der Waals surface area contributed by atoms with Crippen LogP contribution in [-0.4, -0.2) is 93.1 Å². The van der Waals surface area contributed by atoms with Crippen molar-refractivity contribution in [2.75, 3.05) is 55.6 Å². The Morgan fingerprint density at radius 3 is 1.53 bits per heavy atom. The van der Waals surface area contributed by atoms with Crippen molar-refractivity contribution in [2.45, 2.75) is 12.1 Å². The first-order chi connectivity index (χ1) is 17.2. The number of methoxy groups -OCH3 is 4. The van der Waals surface area contributed by atoms with Crippen LogP contribution in [0.4, 0.5) is 0 Å². The molecule has 2 fully saturated rings. The Morgan fingerprint density at radius 1 is 0.806 bits per heavy atom. The van der Waals surface area contributed by atoms with E-state index >= 15 is 0 Å². The minimum atomic E-state index is -1.75. The van der Waals surface area contributed by atoms with Crippen molar-refractivity contribution in [3.05, 3.63) is 48.0 Å². The summed E-state index contributed by atoms with van der Waals surface area (Å²) >= 11 is 0. The monoisotopic (exact) mass is 498 g/mol. The van der Waals surface area contributed by atoms with E-state index in [1.165, 1.54) is 40.8 Å². The normalized spacial score (nSPS) is 28.3. The highest BCUT2D eigenvalue weighted by molar-refractivity contribution is 6.17. The van der Waals surface area contributed by atoms with Crippen molar-refractivity contribution in [2.24, 2.45) is 10.8 Å². The van der Waals surface area contributed by atoms with Crippen LogP contribution in [0.1, 0.15) is 23.5 Å². The largest absolute Gasteiger partial charge is 0.495 e. The maximum atomic E-state index is 14.6. The number of nitrogens with zero attached hydrogens (tertiary/aromatic N) is 4. The van der Waals surface area contributed by atoms with Crippen LogP contribution in [0.3, 0.4) is 0 Å². The number of hydrogen-bond acceptors (Lipinski definition) is 11. The van der Waals surface area contributed by atoms with Crippen LogP contribution >= 0.6 is 0 Å². The summed E-state index contributed by atoms with van der Waals surface area (Å²) < 4.78 is 20.9. The molecule has 2 aliphatic rings. The molecule has 2 saturated heterocycles. The maximum Gasteiger partial charge on any atom is 0.322 e. The average Bonchev–Trinajstić information content (AvgIpc) is 2.90. The molecule has 2 aliphatic heterocycles. The van der Waals surface area contributed by atoms with Gasteiger partial charge in [-0.1, -0.05) is 0 Å². The number of hydrogen-bond donors (Lipinski definition) is 0. The first kappa shape index (κ1) is 25.5. The number of Topliss-reactive ketones (excluding diaryl/α,β-unsaturated/α-hetero) is 1. The molecular formula is C25H30N4O7. The van der Waals surface area contributed by atoms with E-state index in [0.29, 0.717) is 22.9 Å². The van der Waals surface area contributed by atoms with Gasteiger partial charge in [-0.05, 0) is 38.4 Å². The molecule has 0 amide bonds. The molecule has 0 aliphatic carbocycles. The fourth-order valence-corrected chi connectivity index (χ4v) is 5.89. The predicted molar refractivity (Wildman–Crippen MR) is 126 cm³/mol. The number of aromatic nitrogens is 2. The van der Waals surface area contributed by atoms with Crippen molar-refractivity contribution >= 4 is 17.7 Å². The molecule has 4 atom stereocenters. The van der Waals surface area contributed by atoms with E-state index in [1.807, 2.05) is 4.90 Å². The Balaban J connectivity index is 2.03. The van der Waals surface area contributed by atoms with Gasteiger partial charge in [-0.2, -0.15) is 0 Å². The molecule has 0 radical (unpaired) electrons. The van der Waals surface area contributed by atoms with Crippen LogP contribution in [-0.2, 0) is 23.9 Å². The highest BCUT2D eigenvalue weighted by Crippen LogP contribution is 2.60. The zero-order valence-corrected chi connectivity index (χ0v) is 21.2. The summed E-state index contributed by atoms with van der Waals surface area (Å²) in [6.45, 7) is 0.0610. The third-order valence-corrected chi connectivity index (χ3v) is 7.25. The molecule has 0 saturated carbocycles. The summed E-state index contributed by atoms with van der Waals surface area (Å²) in [5.74, 6) is -1.02. The fraction of sp³-hybridized carbons (Fsp3) is 0.480. The quantitative estimate of drug-likeness (QED) is 0.420. The Morgan fingerprint density at radius 2 is 1.22 bits per heavy atom. The van der Waals surface area contributed by atoms with Crippen LogP contribution in [0.2, 0.25) is 0 Å². The van der Waals surface area contributed by atoms with Gasteiger partial charge in [0.1, 0.15) is 11.5 Å². The van der Waals surface area contributed by atoms with Crippen molar-refractivity contribution < 1.29 is 33.3 Å². The van der Waals surface area contributed by atoms with E-state index in [4.69, 9.17) is 18.9 Å². The first-order valence-corrected chi connectivity index (χ1v) is 11.3. The molecule has 2 aromatic heterocycles. The SMILES string of the molecule is COC(=O)C12CN(C)CC(C(=O)OC)(C1=O)C(c1ccc(OC)cn1)N(C)C2c1ccc(OC)cn1. The molecule has 192 valence electrons. The molecule has 11 heteroatoms. The summed E-state index contributed by atoms with van der Waals surface area (Å²) in [7, 11) is 9.01. The molecular weight excluding hydrogens is 468 g/mol. The smallest absolute Gasteiger partial charge is 0.322 e. The van der Waals surface area contributed by atoms with E-state index in [1.54, 1.807) is 43.3 Å². The second kappa shape index (κ2) is 9.47. The Hall–Kier alpha value is -3.57. The number of piperidine rings is 2. The second-order valence-electron chi connectivity index (χ2n) is 9.14. The number of rotatable bonds is 6. The van der Waals surface area contributed by atoms with Crippen molar-refractivity contribution in [1.29, 1.82) is 0 Å². The summed E-state index contributed by atoms with van der Waals surface area (Å²) in [5, 5.41) is 0. The van der Waals surface area contributed by atoms with E-state index in [0.717, 1.165) is 0 Å². The summed E-state index contributed by atoms with van der Waals surface area (Å²) in [6, 6.07) is 5.07. The summed E-state index contributed by atoms with van der Waals surface area (Å²) in [5.41, 5.74) is -2.61. The number of ether oxygens (including phenoxy) is 4. The lowest BCUT2D eigenvalue weighted by molar-refractivity contribution is -0.202. The molecule has 11 nitrogen and oxygen atoms in total. The average molecular weight is 499 g/mol. The zero-order chi connectivity index (χ0) is 26.3. The van der Waals surface area contributed by atoms with Crippen molar-refractivity contribution in [1.82, 2.24) is 19.8 Å². The Kier molecular flexibility index (Phi) is 6.72. The van der Waals surface area contributed by atoms with Crippen LogP contribution in [0.5, 0.6) is 11.5 Å². The summed E-state index contributed by atoms with van der Waals surface area (Å²) in [6.07, 6.45) is 3.04. The van der Waals surface area contributed by atoms with Crippen LogP contribution in [0, 0.1) is 10.8 Å². The van der Waals surface area contributed by atoms with Gasteiger partial charge in [0.15, 0.2) is 16.6 Å². The number of ketones is 1. The Labute approximate surface area is 209 Å². The summed E-state index contributed by atoms with van der Waals surface area (Å²) in [4.78, 5) is 54.4.